The lowest BCUT2D eigenvalue weighted by Crippen LogP contribution is -1.90. The van der Waals surface area contributed by atoms with Crippen molar-refractivity contribution >= 4 is 17.0 Å². The number of hydrogen-bond donors (Lipinski definition) is 0. The fourth-order valence-electron chi connectivity index (χ4n) is 1.55. The quantitative estimate of drug-likeness (QED) is 0.616. The summed E-state index contributed by atoms with van der Waals surface area (Å²) in [5, 5.41) is 11.6. The van der Waals surface area contributed by atoms with Crippen molar-refractivity contribution in [2.45, 2.75) is 20.3 Å². The lowest BCUT2D eigenvalue weighted by Gasteiger charge is -2.01. The molecule has 0 spiro atoms. The minimum atomic E-state index is -0.378. The van der Waals surface area contributed by atoms with E-state index in [0.29, 0.717) is 0 Å². The first-order valence-corrected chi connectivity index (χ1v) is 6.13. The molecular formula is C12H12N2O2S. The molecule has 0 atom stereocenters. The number of nitro benzene ring substituents is 1. The summed E-state index contributed by atoms with van der Waals surface area (Å²) in [7, 11) is 0. The molecule has 0 N–H and O–H groups in total. The van der Waals surface area contributed by atoms with Crippen molar-refractivity contribution in [3.05, 3.63) is 45.0 Å². The van der Waals surface area contributed by atoms with Crippen molar-refractivity contribution in [1.29, 1.82) is 0 Å². The van der Waals surface area contributed by atoms with E-state index in [2.05, 4.69) is 11.9 Å². The predicted octanol–water partition coefficient (Wildman–Crippen LogP) is 3.59. The highest BCUT2D eigenvalue weighted by molar-refractivity contribution is 7.15. The Bertz CT molecular complexity index is 563. The average Bonchev–Trinajstić information content (AvgIpc) is 2.77. The van der Waals surface area contributed by atoms with E-state index in [1.807, 2.05) is 13.1 Å². The van der Waals surface area contributed by atoms with Crippen LogP contribution in [0.4, 0.5) is 5.69 Å². The molecule has 1 aromatic carbocycles. The summed E-state index contributed by atoms with van der Waals surface area (Å²) in [6.45, 7) is 4.00. The van der Waals surface area contributed by atoms with Gasteiger partial charge < -0.3 is 0 Å². The number of hydrogen-bond acceptors (Lipinski definition) is 4. The average molecular weight is 248 g/mol. The van der Waals surface area contributed by atoms with E-state index in [-0.39, 0.29) is 10.6 Å². The maximum Gasteiger partial charge on any atom is 0.270 e. The van der Waals surface area contributed by atoms with Gasteiger partial charge in [-0.05, 0) is 18.9 Å². The molecule has 5 heteroatoms. The van der Waals surface area contributed by atoms with Crippen LogP contribution < -0.4 is 0 Å². The van der Waals surface area contributed by atoms with Crippen LogP contribution in [-0.4, -0.2) is 9.91 Å². The van der Waals surface area contributed by atoms with Gasteiger partial charge in [0, 0.05) is 28.8 Å². The van der Waals surface area contributed by atoms with E-state index in [1.165, 1.54) is 10.9 Å². The number of nitrogens with zero attached hydrogens (tertiary/aromatic N) is 2. The fraction of sp³-hybridized carbons (Fsp3) is 0.250. The maximum absolute atomic E-state index is 10.7. The van der Waals surface area contributed by atoms with Crippen LogP contribution in [0.3, 0.4) is 0 Å². The first-order valence-electron chi connectivity index (χ1n) is 5.32. The molecule has 0 fully saturated rings. The Morgan fingerprint density at radius 3 is 2.82 bits per heavy atom. The van der Waals surface area contributed by atoms with Gasteiger partial charge in [-0.1, -0.05) is 13.0 Å². The van der Waals surface area contributed by atoms with Gasteiger partial charge in [0.2, 0.25) is 0 Å². The summed E-state index contributed by atoms with van der Waals surface area (Å²) in [6.07, 6.45) is 2.77. The molecule has 0 radical (unpaired) electrons. The zero-order valence-electron chi connectivity index (χ0n) is 9.64. The van der Waals surface area contributed by atoms with Crippen LogP contribution in [0.2, 0.25) is 0 Å². The first-order chi connectivity index (χ1) is 8.11. The second-order valence-corrected chi connectivity index (χ2v) is 4.86. The zero-order valence-corrected chi connectivity index (χ0v) is 10.5. The van der Waals surface area contributed by atoms with Crippen LogP contribution in [0.5, 0.6) is 0 Å². The van der Waals surface area contributed by atoms with Crippen molar-refractivity contribution in [3.8, 4) is 10.6 Å². The van der Waals surface area contributed by atoms with E-state index in [1.54, 1.807) is 23.5 Å². The van der Waals surface area contributed by atoms with Gasteiger partial charge in [-0.25, -0.2) is 4.98 Å². The predicted molar refractivity (Wildman–Crippen MR) is 68.3 cm³/mol. The second-order valence-electron chi connectivity index (χ2n) is 3.74. The number of rotatable bonds is 3. The summed E-state index contributed by atoms with van der Waals surface area (Å²) in [5.74, 6) is 0. The molecule has 1 heterocycles. The highest BCUT2D eigenvalue weighted by atomic mass is 32.1. The molecule has 0 unspecified atom stereocenters. The Morgan fingerprint density at radius 1 is 1.47 bits per heavy atom. The van der Waals surface area contributed by atoms with E-state index in [4.69, 9.17) is 0 Å². The molecule has 0 aliphatic rings. The molecule has 0 saturated heterocycles. The van der Waals surface area contributed by atoms with Crippen molar-refractivity contribution in [2.24, 2.45) is 0 Å². The number of aromatic nitrogens is 1. The third-order valence-corrected chi connectivity index (χ3v) is 3.74. The van der Waals surface area contributed by atoms with E-state index < -0.39 is 0 Å². The van der Waals surface area contributed by atoms with Gasteiger partial charge in [0.25, 0.3) is 5.69 Å². The molecule has 0 aliphatic carbocycles. The highest BCUT2D eigenvalue weighted by Gasteiger charge is 2.12. The molecule has 17 heavy (non-hydrogen) atoms. The Balaban J connectivity index is 2.49. The number of benzene rings is 1. The minimum absolute atomic E-state index is 0.110. The fourth-order valence-corrected chi connectivity index (χ4v) is 2.48. The van der Waals surface area contributed by atoms with Gasteiger partial charge in [0.1, 0.15) is 5.01 Å². The summed E-state index contributed by atoms with van der Waals surface area (Å²) in [5.41, 5.74) is 1.97. The first kappa shape index (κ1) is 11.7. The minimum Gasteiger partial charge on any atom is -0.258 e. The molecule has 0 aliphatic heterocycles. The largest absolute Gasteiger partial charge is 0.270 e. The van der Waals surface area contributed by atoms with E-state index in [0.717, 1.165) is 22.6 Å². The summed E-state index contributed by atoms with van der Waals surface area (Å²) < 4.78 is 0. The highest BCUT2D eigenvalue weighted by Crippen LogP contribution is 2.30. The number of thiazole rings is 1. The lowest BCUT2D eigenvalue weighted by molar-refractivity contribution is -0.384. The van der Waals surface area contributed by atoms with Crippen LogP contribution in [0, 0.1) is 17.0 Å². The smallest absolute Gasteiger partial charge is 0.258 e. The van der Waals surface area contributed by atoms with Gasteiger partial charge in [-0.15, -0.1) is 11.3 Å². The Labute approximate surface area is 103 Å². The topological polar surface area (TPSA) is 56.0 Å². The van der Waals surface area contributed by atoms with Gasteiger partial charge in [0.15, 0.2) is 0 Å². The van der Waals surface area contributed by atoms with Crippen molar-refractivity contribution in [1.82, 2.24) is 4.98 Å². The summed E-state index contributed by atoms with van der Waals surface area (Å²) in [6, 6.07) is 4.88. The second kappa shape index (κ2) is 4.63. The molecule has 0 amide bonds. The van der Waals surface area contributed by atoms with Crippen LogP contribution in [0.25, 0.3) is 10.6 Å². The molecule has 1 aromatic heterocycles. The van der Waals surface area contributed by atoms with Gasteiger partial charge in [0.05, 0.1) is 4.92 Å². The van der Waals surface area contributed by atoms with Gasteiger partial charge in [-0.2, -0.15) is 0 Å². The molecule has 2 rings (SSSR count). The molecule has 0 saturated carbocycles. The van der Waals surface area contributed by atoms with Gasteiger partial charge in [-0.3, -0.25) is 10.1 Å². The number of aryl methyl sites for hydroxylation is 2. The molecule has 2 aromatic rings. The van der Waals surface area contributed by atoms with Gasteiger partial charge >= 0.3 is 0 Å². The maximum atomic E-state index is 10.7. The number of non-ortho nitro benzene ring substituents is 1. The van der Waals surface area contributed by atoms with Crippen molar-refractivity contribution in [3.63, 3.8) is 0 Å². The van der Waals surface area contributed by atoms with Crippen LogP contribution in [-0.2, 0) is 6.42 Å². The molecule has 88 valence electrons. The number of nitro groups is 1. The summed E-state index contributed by atoms with van der Waals surface area (Å²) in [4.78, 5) is 15.9. The normalized spacial score (nSPS) is 10.5. The zero-order chi connectivity index (χ0) is 12.4. The molecule has 4 nitrogen and oxygen atoms in total. The Hall–Kier alpha value is -1.75. The van der Waals surface area contributed by atoms with E-state index in [9.17, 15) is 10.1 Å². The molecular weight excluding hydrogens is 236 g/mol. The summed E-state index contributed by atoms with van der Waals surface area (Å²) >= 11 is 1.59. The van der Waals surface area contributed by atoms with E-state index >= 15 is 0 Å². The lowest BCUT2D eigenvalue weighted by atomic mass is 10.1. The van der Waals surface area contributed by atoms with Crippen molar-refractivity contribution < 1.29 is 4.92 Å². The Kier molecular flexibility index (Phi) is 3.19. The Morgan fingerprint density at radius 2 is 2.24 bits per heavy atom. The van der Waals surface area contributed by atoms with Crippen LogP contribution in [0.15, 0.2) is 24.4 Å². The third-order valence-electron chi connectivity index (χ3n) is 2.56. The van der Waals surface area contributed by atoms with Crippen molar-refractivity contribution in [2.75, 3.05) is 0 Å². The third kappa shape index (κ3) is 2.34. The van der Waals surface area contributed by atoms with Crippen LogP contribution >= 0.6 is 11.3 Å². The standard InChI is InChI=1S/C12H12N2O2S/c1-3-10-7-13-12(17-10)11-6-9(14(15)16)5-4-8(11)2/h4-7H,3H2,1-2H3. The SMILES string of the molecule is CCc1cnc(-c2cc([N+](=O)[O-])ccc2C)s1. The monoisotopic (exact) mass is 248 g/mol. The van der Waals surface area contributed by atoms with Crippen LogP contribution in [0.1, 0.15) is 17.4 Å². The molecule has 0 bridgehead atoms.